The SMILES string of the molecule is Cc1cc(OCC(=O)Nc2ccc3oc(-c4cccc5c(Cl)cccc45)nc3c2)cc(C)c1Cl. The highest BCUT2D eigenvalue weighted by molar-refractivity contribution is 6.35. The van der Waals surface area contributed by atoms with Crippen LogP contribution in [0, 0.1) is 13.8 Å². The van der Waals surface area contributed by atoms with Gasteiger partial charge in [0.15, 0.2) is 12.2 Å². The molecule has 5 rings (SSSR count). The fourth-order valence-corrected chi connectivity index (χ4v) is 4.26. The summed E-state index contributed by atoms with van der Waals surface area (Å²) in [6, 6.07) is 20.5. The molecule has 34 heavy (non-hydrogen) atoms. The van der Waals surface area contributed by atoms with Crippen LogP contribution >= 0.6 is 23.2 Å². The van der Waals surface area contributed by atoms with Crippen LogP contribution in [0.4, 0.5) is 5.69 Å². The second kappa shape index (κ2) is 9.01. The molecule has 0 bridgehead atoms. The van der Waals surface area contributed by atoms with Gasteiger partial charge >= 0.3 is 0 Å². The first kappa shape index (κ1) is 22.3. The lowest BCUT2D eigenvalue weighted by atomic mass is 10.0. The molecule has 5 nitrogen and oxygen atoms in total. The number of aromatic nitrogens is 1. The molecule has 7 heteroatoms. The van der Waals surface area contributed by atoms with E-state index in [-0.39, 0.29) is 12.5 Å². The normalized spacial score (nSPS) is 11.2. The Kier molecular flexibility index (Phi) is 5.90. The third-order valence-corrected chi connectivity index (χ3v) is 6.48. The zero-order valence-electron chi connectivity index (χ0n) is 18.5. The van der Waals surface area contributed by atoms with Gasteiger partial charge in [-0.25, -0.2) is 4.98 Å². The van der Waals surface area contributed by atoms with Crippen molar-refractivity contribution >= 4 is 56.7 Å². The highest BCUT2D eigenvalue weighted by Crippen LogP contribution is 2.34. The van der Waals surface area contributed by atoms with Crippen LogP contribution in [0.15, 0.2) is 71.1 Å². The number of hydrogen-bond donors (Lipinski definition) is 1. The van der Waals surface area contributed by atoms with Crippen LogP contribution in [-0.4, -0.2) is 17.5 Å². The monoisotopic (exact) mass is 490 g/mol. The third-order valence-electron chi connectivity index (χ3n) is 5.55. The predicted octanol–water partition coefficient (Wildman–Crippen LogP) is 7.59. The van der Waals surface area contributed by atoms with E-state index in [2.05, 4.69) is 10.3 Å². The molecular formula is C27H20Cl2N2O3. The first-order chi connectivity index (χ1) is 16.4. The lowest BCUT2D eigenvalue weighted by Gasteiger charge is -2.10. The summed E-state index contributed by atoms with van der Waals surface area (Å²) in [6.07, 6.45) is 0. The summed E-state index contributed by atoms with van der Waals surface area (Å²) in [5.74, 6) is 0.807. The largest absolute Gasteiger partial charge is 0.484 e. The Labute approximate surface area is 206 Å². The van der Waals surface area contributed by atoms with Gasteiger partial charge in [-0.3, -0.25) is 4.79 Å². The molecule has 0 saturated carbocycles. The number of amides is 1. The van der Waals surface area contributed by atoms with E-state index >= 15 is 0 Å². The standard InChI is InChI=1S/C27H20Cl2N2O3/c1-15-11-18(12-16(2)26(15)29)33-14-25(32)30-17-9-10-24-23(13-17)31-27(34-24)21-7-3-6-20-19(21)5-4-8-22(20)28/h3-13H,14H2,1-2H3,(H,30,32). The Morgan fingerprint density at radius 3 is 2.50 bits per heavy atom. The van der Waals surface area contributed by atoms with Gasteiger partial charge in [-0.1, -0.05) is 47.5 Å². The van der Waals surface area contributed by atoms with Crippen molar-refractivity contribution in [3.05, 3.63) is 87.9 Å². The number of aryl methyl sites for hydroxylation is 2. The Balaban J connectivity index is 1.34. The molecule has 0 aliphatic rings. The number of halogens is 2. The summed E-state index contributed by atoms with van der Waals surface area (Å²) in [4.78, 5) is 17.1. The van der Waals surface area contributed by atoms with E-state index in [1.807, 2.05) is 62.4 Å². The average Bonchev–Trinajstić information content (AvgIpc) is 3.24. The molecule has 1 aromatic heterocycles. The number of fused-ring (bicyclic) bond motifs is 2. The lowest BCUT2D eigenvalue weighted by Crippen LogP contribution is -2.20. The number of hydrogen-bond acceptors (Lipinski definition) is 4. The number of rotatable bonds is 5. The van der Waals surface area contributed by atoms with Gasteiger partial charge in [0.25, 0.3) is 5.91 Å². The minimum atomic E-state index is -0.281. The van der Waals surface area contributed by atoms with Crippen LogP contribution in [0.2, 0.25) is 10.0 Å². The van der Waals surface area contributed by atoms with Gasteiger partial charge in [-0.05, 0) is 72.8 Å². The topological polar surface area (TPSA) is 64.4 Å². The molecule has 0 unspecified atom stereocenters. The zero-order valence-corrected chi connectivity index (χ0v) is 20.0. The van der Waals surface area contributed by atoms with E-state index in [0.717, 1.165) is 27.5 Å². The van der Waals surface area contributed by atoms with Crippen molar-refractivity contribution in [2.24, 2.45) is 0 Å². The lowest BCUT2D eigenvalue weighted by molar-refractivity contribution is -0.118. The predicted molar refractivity (Wildman–Crippen MR) is 137 cm³/mol. The molecule has 1 heterocycles. The minimum Gasteiger partial charge on any atom is -0.484 e. The fraction of sp³-hybridized carbons (Fsp3) is 0.111. The molecule has 1 amide bonds. The molecular weight excluding hydrogens is 471 g/mol. The van der Waals surface area contributed by atoms with Crippen molar-refractivity contribution in [2.75, 3.05) is 11.9 Å². The summed E-state index contributed by atoms with van der Waals surface area (Å²) < 4.78 is 11.6. The zero-order chi connectivity index (χ0) is 23.8. The van der Waals surface area contributed by atoms with Crippen molar-refractivity contribution in [1.29, 1.82) is 0 Å². The number of oxazole rings is 1. The molecule has 0 aliphatic heterocycles. The quantitative estimate of drug-likeness (QED) is 0.275. The van der Waals surface area contributed by atoms with Gasteiger partial charge in [0, 0.05) is 26.7 Å². The summed E-state index contributed by atoms with van der Waals surface area (Å²) >= 11 is 12.5. The van der Waals surface area contributed by atoms with Crippen LogP contribution < -0.4 is 10.1 Å². The number of nitrogens with zero attached hydrogens (tertiary/aromatic N) is 1. The van der Waals surface area contributed by atoms with Crippen LogP contribution in [0.3, 0.4) is 0 Å². The smallest absolute Gasteiger partial charge is 0.262 e. The number of carbonyl (C=O) groups is 1. The molecule has 0 atom stereocenters. The molecule has 0 radical (unpaired) electrons. The van der Waals surface area contributed by atoms with Crippen molar-refractivity contribution in [3.8, 4) is 17.2 Å². The number of ether oxygens (including phenoxy) is 1. The van der Waals surface area contributed by atoms with E-state index in [1.54, 1.807) is 18.2 Å². The van der Waals surface area contributed by atoms with Crippen LogP contribution in [0.25, 0.3) is 33.3 Å². The van der Waals surface area contributed by atoms with E-state index in [4.69, 9.17) is 32.4 Å². The molecule has 5 aromatic rings. The number of anilines is 1. The van der Waals surface area contributed by atoms with Gasteiger partial charge in [0.05, 0.1) is 0 Å². The van der Waals surface area contributed by atoms with Crippen LogP contribution in [0.5, 0.6) is 5.75 Å². The van der Waals surface area contributed by atoms with Gasteiger partial charge in [-0.2, -0.15) is 0 Å². The number of nitrogens with one attached hydrogen (secondary N) is 1. The maximum atomic E-state index is 12.4. The first-order valence-electron chi connectivity index (χ1n) is 10.7. The highest BCUT2D eigenvalue weighted by Gasteiger charge is 2.14. The van der Waals surface area contributed by atoms with Gasteiger partial charge in [0.2, 0.25) is 5.89 Å². The second-order valence-electron chi connectivity index (χ2n) is 8.05. The van der Waals surface area contributed by atoms with Gasteiger partial charge in [0.1, 0.15) is 11.3 Å². The van der Waals surface area contributed by atoms with E-state index < -0.39 is 0 Å². The molecule has 1 N–H and O–H groups in total. The molecule has 170 valence electrons. The number of carbonyl (C=O) groups excluding carboxylic acids is 1. The van der Waals surface area contributed by atoms with Crippen molar-refractivity contribution in [2.45, 2.75) is 13.8 Å². The Morgan fingerprint density at radius 2 is 1.71 bits per heavy atom. The first-order valence-corrected chi connectivity index (χ1v) is 11.4. The number of benzene rings is 4. The van der Waals surface area contributed by atoms with Crippen LogP contribution in [-0.2, 0) is 4.79 Å². The second-order valence-corrected chi connectivity index (χ2v) is 8.84. The summed E-state index contributed by atoms with van der Waals surface area (Å²) in [6.45, 7) is 3.67. The summed E-state index contributed by atoms with van der Waals surface area (Å²) in [5, 5.41) is 6.10. The maximum absolute atomic E-state index is 12.4. The van der Waals surface area contributed by atoms with Crippen LogP contribution in [0.1, 0.15) is 11.1 Å². The maximum Gasteiger partial charge on any atom is 0.262 e. The average molecular weight is 491 g/mol. The summed E-state index contributed by atoms with van der Waals surface area (Å²) in [7, 11) is 0. The van der Waals surface area contributed by atoms with E-state index in [0.29, 0.717) is 38.5 Å². The fourth-order valence-electron chi connectivity index (χ4n) is 3.91. The van der Waals surface area contributed by atoms with Crippen molar-refractivity contribution in [3.63, 3.8) is 0 Å². The molecule has 0 spiro atoms. The highest BCUT2D eigenvalue weighted by atomic mass is 35.5. The molecule has 0 aliphatic carbocycles. The molecule has 0 fully saturated rings. The Hall–Kier alpha value is -3.54. The van der Waals surface area contributed by atoms with Gasteiger partial charge < -0.3 is 14.5 Å². The molecule has 0 saturated heterocycles. The van der Waals surface area contributed by atoms with Crippen molar-refractivity contribution in [1.82, 2.24) is 4.98 Å². The van der Waals surface area contributed by atoms with Gasteiger partial charge in [-0.15, -0.1) is 0 Å². The Bertz CT molecular complexity index is 1540. The Morgan fingerprint density at radius 1 is 0.971 bits per heavy atom. The van der Waals surface area contributed by atoms with Crippen molar-refractivity contribution < 1.29 is 13.9 Å². The van der Waals surface area contributed by atoms with E-state index in [9.17, 15) is 4.79 Å². The minimum absolute atomic E-state index is 0.126. The molecule has 4 aromatic carbocycles. The van der Waals surface area contributed by atoms with E-state index in [1.165, 1.54) is 0 Å². The third kappa shape index (κ3) is 4.32. The summed E-state index contributed by atoms with van der Waals surface area (Å²) in [5.41, 5.74) is 4.51.